The van der Waals surface area contributed by atoms with E-state index in [4.69, 9.17) is 5.11 Å². The summed E-state index contributed by atoms with van der Waals surface area (Å²) in [5.74, 6) is 4.68. The maximum absolute atomic E-state index is 13.5. The van der Waals surface area contributed by atoms with Crippen LogP contribution in [0.25, 0.3) is 0 Å². The second-order valence-electron chi connectivity index (χ2n) is 4.18. The molecule has 0 saturated carbocycles. The van der Waals surface area contributed by atoms with Crippen LogP contribution in [0.4, 0.5) is 10.2 Å². The molecule has 0 fully saturated rings. The van der Waals surface area contributed by atoms with Crippen LogP contribution in [0.1, 0.15) is 11.3 Å². The van der Waals surface area contributed by atoms with Gasteiger partial charge in [0.05, 0.1) is 6.42 Å². The lowest BCUT2D eigenvalue weighted by atomic mass is 10.1. The van der Waals surface area contributed by atoms with Crippen LogP contribution in [0.15, 0.2) is 42.5 Å². The minimum absolute atomic E-state index is 0.0686. The van der Waals surface area contributed by atoms with E-state index in [0.29, 0.717) is 17.1 Å². The van der Waals surface area contributed by atoms with E-state index in [2.05, 4.69) is 22.1 Å². The lowest BCUT2D eigenvalue weighted by Crippen LogP contribution is -2.16. The topological polar surface area (TPSA) is 62.2 Å². The van der Waals surface area contributed by atoms with Crippen LogP contribution in [0, 0.1) is 17.7 Å². The molecule has 5 heteroatoms. The first-order valence-corrected chi connectivity index (χ1v) is 6.29. The second kappa shape index (κ2) is 7.17. The van der Waals surface area contributed by atoms with Crippen molar-refractivity contribution in [2.45, 2.75) is 6.42 Å². The number of aromatic nitrogens is 1. The Balaban J connectivity index is 2.04. The quantitative estimate of drug-likeness (QED) is 0.844. The molecule has 0 aliphatic heterocycles. The van der Waals surface area contributed by atoms with Crippen molar-refractivity contribution in [1.29, 1.82) is 0 Å². The van der Waals surface area contributed by atoms with Gasteiger partial charge in [-0.25, -0.2) is 9.37 Å². The zero-order valence-corrected chi connectivity index (χ0v) is 11.1. The predicted molar refractivity (Wildman–Crippen MR) is 76.9 cm³/mol. The molecule has 2 aromatic rings. The zero-order chi connectivity index (χ0) is 15.1. The number of aliphatic hydroxyl groups is 1. The van der Waals surface area contributed by atoms with E-state index in [1.807, 2.05) is 0 Å². The minimum Gasteiger partial charge on any atom is -0.384 e. The largest absolute Gasteiger partial charge is 0.384 e. The zero-order valence-electron chi connectivity index (χ0n) is 11.1. The Morgan fingerprint density at radius 3 is 2.81 bits per heavy atom. The van der Waals surface area contributed by atoms with Gasteiger partial charge in [0.2, 0.25) is 5.91 Å². The van der Waals surface area contributed by atoms with Gasteiger partial charge < -0.3 is 10.4 Å². The summed E-state index contributed by atoms with van der Waals surface area (Å²) in [4.78, 5) is 16.0. The second-order valence-corrected chi connectivity index (χ2v) is 4.18. The lowest BCUT2D eigenvalue weighted by molar-refractivity contribution is -0.115. The van der Waals surface area contributed by atoms with Crippen LogP contribution >= 0.6 is 0 Å². The average molecular weight is 284 g/mol. The van der Waals surface area contributed by atoms with Crippen molar-refractivity contribution in [2.24, 2.45) is 0 Å². The Morgan fingerprint density at radius 2 is 2.05 bits per heavy atom. The van der Waals surface area contributed by atoms with Crippen LogP contribution in [-0.4, -0.2) is 22.6 Å². The first kappa shape index (κ1) is 14.7. The number of halogens is 1. The fraction of sp³-hybridized carbons (Fsp3) is 0.125. The van der Waals surface area contributed by atoms with Gasteiger partial charge in [-0.05, 0) is 29.7 Å². The van der Waals surface area contributed by atoms with Gasteiger partial charge in [-0.3, -0.25) is 4.79 Å². The van der Waals surface area contributed by atoms with Crippen molar-refractivity contribution in [3.63, 3.8) is 0 Å². The molecule has 0 aliphatic carbocycles. The molecule has 2 rings (SSSR count). The normalized spacial score (nSPS) is 9.62. The summed E-state index contributed by atoms with van der Waals surface area (Å²) in [7, 11) is 0. The molecule has 106 valence electrons. The third kappa shape index (κ3) is 4.41. The minimum atomic E-state index is -0.414. The number of carbonyl (C=O) groups is 1. The lowest BCUT2D eigenvalue weighted by Gasteiger charge is -2.05. The van der Waals surface area contributed by atoms with Crippen molar-refractivity contribution in [3.8, 4) is 11.8 Å². The van der Waals surface area contributed by atoms with E-state index in [0.717, 1.165) is 0 Å². The van der Waals surface area contributed by atoms with Gasteiger partial charge in [0, 0.05) is 0 Å². The number of aliphatic hydroxyl groups excluding tert-OH is 1. The third-order valence-corrected chi connectivity index (χ3v) is 2.62. The number of nitrogens with one attached hydrogen (secondary N) is 1. The summed E-state index contributed by atoms with van der Waals surface area (Å²) in [6.07, 6.45) is -0.0686. The van der Waals surface area contributed by atoms with Gasteiger partial charge >= 0.3 is 0 Å². The molecule has 0 atom stereocenters. The van der Waals surface area contributed by atoms with Crippen LogP contribution < -0.4 is 5.32 Å². The molecule has 0 spiro atoms. The van der Waals surface area contributed by atoms with Gasteiger partial charge in [0.15, 0.2) is 0 Å². The summed E-state index contributed by atoms with van der Waals surface area (Å²) in [6, 6.07) is 11.1. The number of benzene rings is 1. The molecule has 21 heavy (non-hydrogen) atoms. The van der Waals surface area contributed by atoms with Crippen LogP contribution in [0.2, 0.25) is 0 Å². The summed E-state index contributed by atoms with van der Waals surface area (Å²) in [6.45, 7) is -0.258. The fourth-order valence-electron chi connectivity index (χ4n) is 1.71. The Bertz CT molecular complexity index is 705. The van der Waals surface area contributed by atoms with Crippen LogP contribution in [-0.2, 0) is 11.2 Å². The first-order valence-electron chi connectivity index (χ1n) is 6.29. The summed E-state index contributed by atoms with van der Waals surface area (Å²) in [5, 5.41) is 11.2. The van der Waals surface area contributed by atoms with E-state index in [1.54, 1.807) is 36.4 Å². The molecule has 1 amide bonds. The van der Waals surface area contributed by atoms with Gasteiger partial charge in [-0.1, -0.05) is 30.2 Å². The van der Waals surface area contributed by atoms with Crippen molar-refractivity contribution in [1.82, 2.24) is 4.98 Å². The number of pyridine rings is 1. The number of anilines is 1. The molecule has 4 nitrogen and oxygen atoms in total. The highest BCUT2D eigenvalue weighted by Crippen LogP contribution is 2.09. The highest BCUT2D eigenvalue weighted by molar-refractivity contribution is 5.91. The summed E-state index contributed by atoms with van der Waals surface area (Å²) in [5.41, 5.74) is 0.763. The summed E-state index contributed by atoms with van der Waals surface area (Å²) >= 11 is 0. The molecule has 2 N–H and O–H groups in total. The molecule has 0 radical (unpaired) electrons. The predicted octanol–water partition coefficient (Wildman–Crippen LogP) is 1.75. The van der Waals surface area contributed by atoms with Crippen molar-refractivity contribution in [3.05, 3.63) is 59.5 Å². The van der Waals surface area contributed by atoms with Gasteiger partial charge in [-0.15, -0.1) is 0 Å². The maximum atomic E-state index is 13.5. The Kier molecular flexibility index (Phi) is 5.02. The third-order valence-electron chi connectivity index (χ3n) is 2.62. The van der Waals surface area contributed by atoms with Gasteiger partial charge in [0.25, 0.3) is 0 Å². The number of carbonyl (C=O) groups excluding carboxylic acids is 1. The highest BCUT2D eigenvalue weighted by atomic mass is 19.1. The highest BCUT2D eigenvalue weighted by Gasteiger charge is 2.08. The number of hydrogen-bond donors (Lipinski definition) is 2. The van der Waals surface area contributed by atoms with Crippen molar-refractivity contribution >= 4 is 11.7 Å². The monoisotopic (exact) mass is 284 g/mol. The van der Waals surface area contributed by atoms with E-state index >= 15 is 0 Å². The van der Waals surface area contributed by atoms with Crippen molar-refractivity contribution in [2.75, 3.05) is 11.9 Å². The molecular formula is C16H13FN2O2. The average Bonchev–Trinajstić information content (AvgIpc) is 2.48. The Morgan fingerprint density at radius 1 is 1.24 bits per heavy atom. The molecule has 0 saturated heterocycles. The molecule has 1 heterocycles. The number of nitrogens with zero attached hydrogens (tertiary/aromatic N) is 1. The number of hydrogen-bond acceptors (Lipinski definition) is 3. The van der Waals surface area contributed by atoms with E-state index in [-0.39, 0.29) is 18.9 Å². The molecule has 0 unspecified atom stereocenters. The molecule has 0 bridgehead atoms. The van der Waals surface area contributed by atoms with E-state index in [9.17, 15) is 9.18 Å². The molecule has 0 aliphatic rings. The summed E-state index contributed by atoms with van der Waals surface area (Å²) < 4.78 is 13.5. The van der Waals surface area contributed by atoms with Gasteiger partial charge in [-0.2, -0.15) is 0 Å². The van der Waals surface area contributed by atoms with E-state index < -0.39 is 5.82 Å². The van der Waals surface area contributed by atoms with Crippen LogP contribution in [0.3, 0.4) is 0 Å². The molecule has 1 aromatic carbocycles. The smallest absolute Gasteiger partial charge is 0.230 e. The Hall–Kier alpha value is -2.71. The number of rotatable bonds is 3. The molecule has 1 aromatic heterocycles. The van der Waals surface area contributed by atoms with E-state index in [1.165, 1.54) is 6.07 Å². The SMILES string of the molecule is O=C(Cc1ccccc1F)Nc1cccc(C#CCO)n1. The van der Waals surface area contributed by atoms with Crippen LogP contribution in [0.5, 0.6) is 0 Å². The number of amides is 1. The maximum Gasteiger partial charge on any atom is 0.230 e. The fourth-order valence-corrected chi connectivity index (χ4v) is 1.71. The van der Waals surface area contributed by atoms with Crippen molar-refractivity contribution < 1.29 is 14.3 Å². The Labute approximate surface area is 121 Å². The van der Waals surface area contributed by atoms with Gasteiger partial charge in [0.1, 0.15) is 23.9 Å². The molecular weight excluding hydrogens is 271 g/mol. The first-order chi connectivity index (χ1) is 10.2. The standard InChI is InChI=1S/C16H13FN2O2/c17-14-8-2-1-5-12(14)11-16(21)19-15-9-3-6-13(18-15)7-4-10-20/h1-3,5-6,8-9,20H,10-11H2,(H,18,19,21).